The van der Waals surface area contributed by atoms with Crippen LogP contribution in [0.3, 0.4) is 0 Å². The second-order valence-electron chi connectivity index (χ2n) is 8.60. The largest absolute Gasteiger partial charge is 0.497 e. The summed E-state index contributed by atoms with van der Waals surface area (Å²) < 4.78 is 72.2. The molecule has 0 unspecified atom stereocenters. The number of anilines is 1. The molecule has 216 valence electrons. The van der Waals surface area contributed by atoms with Crippen LogP contribution < -0.4 is 25.1 Å². The van der Waals surface area contributed by atoms with Crippen molar-refractivity contribution in [2.45, 2.75) is 13.5 Å². The van der Waals surface area contributed by atoms with Gasteiger partial charge < -0.3 is 24.6 Å². The number of benzene rings is 2. The number of ether oxygens (including phenoxy) is 3. The van der Waals surface area contributed by atoms with Gasteiger partial charge in [-0.3, -0.25) is 14.3 Å². The molecule has 0 atom stereocenters. The molecule has 0 aliphatic rings. The van der Waals surface area contributed by atoms with Gasteiger partial charge in [-0.05, 0) is 42.8 Å². The van der Waals surface area contributed by atoms with E-state index in [4.69, 9.17) is 14.6 Å². The number of hydrogen-bond donors (Lipinski definition) is 2. The van der Waals surface area contributed by atoms with Gasteiger partial charge in [-0.1, -0.05) is 0 Å². The van der Waals surface area contributed by atoms with Crippen molar-refractivity contribution in [3.63, 3.8) is 0 Å². The molecule has 0 spiro atoms. The van der Waals surface area contributed by atoms with Crippen LogP contribution in [-0.2, 0) is 7.05 Å². The Morgan fingerprint density at radius 1 is 1.07 bits per heavy atom. The molecule has 14 heteroatoms. The van der Waals surface area contributed by atoms with Gasteiger partial charge in [-0.2, -0.15) is 18.4 Å². The highest BCUT2D eigenvalue weighted by molar-refractivity contribution is 6.06. The highest BCUT2D eigenvalue weighted by Crippen LogP contribution is 2.34. The zero-order valence-electron chi connectivity index (χ0n) is 22.0. The van der Waals surface area contributed by atoms with Crippen molar-refractivity contribution < 1.29 is 41.7 Å². The van der Waals surface area contributed by atoms with Gasteiger partial charge in [-0.25, -0.2) is 8.78 Å². The molecule has 2 N–H and O–H groups in total. The molecule has 2 aromatic heterocycles. The van der Waals surface area contributed by atoms with Crippen molar-refractivity contribution >= 4 is 11.6 Å². The van der Waals surface area contributed by atoms with E-state index in [1.807, 2.05) is 0 Å². The summed E-state index contributed by atoms with van der Waals surface area (Å²) in [6, 6.07) is 9.49. The van der Waals surface area contributed by atoms with Crippen molar-refractivity contribution in [2.75, 3.05) is 25.6 Å². The number of halogens is 4. The number of pyridine rings is 1. The third-order valence-electron chi connectivity index (χ3n) is 5.83. The third kappa shape index (κ3) is 6.17. The number of carbonyl (C=O) groups excluding carboxylic acids is 1. The van der Waals surface area contributed by atoms with Gasteiger partial charge in [0.05, 0.1) is 19.3 Å². The summed E-state index contributed by atoms with van der Waals surface area (Å²) in [5.41, 5.74) is -1.80. The fourth-order valence-electron chi connectivity index (χ4n) is 4.08. The quantitative estimate of drug-likeness (QED) is 0.274. The summed E-state index contributed by atoms with van der Waals surface area (Å²) in [6.07, 6.45) is 0. The number of nitrogens with one attached hydrogen (secondary N) is 1. The molecule has 2 aromatic carbocycles. The summed E-state index contributed by atoms with van der Waals surface area (Å²) in [6.45, 7) is -1.74. The Labute approximate surface area is 230 Å². The number of aryl methyl sites for hydroxylation is 1. The molecule has 4 rings (SSSR count). The lowest BCUT2D eigenvalue weighted by Gasteiger charge is -2.14. The SMILES string of the molecule is COc1cc(F)c(-c2c(NC(=O)c3ccc(OC(F)F)cc3)c(=O)n(-c3cc(C)cc(OCCO)n3)n2C)c(F)c1. The normalized spacial score (nSPS) is 11.0. The zero-order valence-corrected chi connectivity index (χ0v) is 22.0. The first kappa shape index (κ1) is 29.1. The van der Waals surface area contributed by atoms with E-state index < -0.39 is 41.0 Å². The molecule has 0 aliphatic heterocycles. The van der Waals surface area contributed by atoms with Crippen LogP contribution in [0.5, 0.6) is 17.4 Å². The minimum atomic E-state index is -3.07. The van der Waals surface area contributed by atoms with Gasteiger partial charge in [0.1, 0.15) is 41.1 Å². The van der Waals surface area contributed by atoms with Crippen molar-refractivity contribution in [3.05, 3.63) is 81.6 Å². The van der Waals surface area contributed by atoms with E-state index in [-0.39, 0.29) is 47.7 Å². The van der Waals surface area contributed by atoms with Gasteiger partial charge in [0.15, 0.2) is 5.82 Å². The van der Waals surface area contributed by atoms with Crippen LogP contribution in [0.2, 0.25) is 0 Å². The predicted octanol–water partition coefficient (Wildman–Crippen LogP) is 4.06. The predicted molar refractivity (Wildman–Crippen MR) is 139 cm³/mol. The van der Waals surface area contributed by atoms with Crippen molar-refractivity contribution in [3.8, 4) is 34.5 Å². The Balaban J connectivity index is 1.88. The monoisotopic (exact) mass is 576 g/mol. The number of methoxy groups -OCH3 is 1. The Kier molecular flexibility index (Phi) is 8.62. The van der Waals surface area contributed by atoms with E-state index in [1.165, 1.54) is 32.4 Å². The van der Waals surface area contributed by atoms with E-state index in [0.29, 0.717) is 5.56 Å². The topological polar surface area (TPSA) is 117 Å². The highest BCUT2D eigenvalue weighted by atomic mass is 19.3. The van der Waals surface area contributed by atoms with E-state index in [9.17, 15) is 18.4 Å². The maximum Gasteiger partial charge on any atom is 0.387 e. The number of amides is 1. The van der Waals surface area contributed by atoms with Gasteiger partial charge in [0, 0.05) is 30.8 Å². The molecule has 10 nitrogen and oxygen atoms in total. The number of nitrogens with zero attached hydrogens (tertiary/aromatic N) is 3. The van der Waals surface area contributed by atoms with Crippen LogP contribution in [0.15, 0.2) is 53.3 Å². The maximum absolute atomic E-state index is 15.3. The lowest BCUT2D eigenvalue weighted by molar-refractivity contribution is -0.0498. The first-order valence-corrected chi connectivity index (χ1v) is 12.0. The standard InChI is InChI=1S/C27H24F4N4O6/c1-14-10-20(32-21(11-14)40-9-8-36)35-26(38)23(33-25(37)15-4-6-16(7-5-15)41-27(30)31)24(34(35)2)22-18(28)12-17(39-3)13-19(22)29/h4-7,10-13,27,36H,8-9H2,1-3H3,(H,33,37). The fraction of sp³-hybridized carbons (Fsp3) is 0.222. The minimum absolute atomic E-state index is 0.00461. The van der Waals surface area contributed by atoms with Crippen LogP contribution in [0, 0.1) is 18.6 Å². The Bertz CT molecular complexity index is 1610. The van der Waals surface area contributed by atoms with Crippen molar-refractivity contribution in [2.24, 2.45) is 7.05 Å². The average molecular weight is 577 g/mol. The molecule has 1 amide bonds. The van der Waals surface area contributed by atoms with Crippen LogP contribution in [0.1, 0.15) is 15.9 Å². The number of hydrogen-bond acceptors (Lipinski definition) is 7. The molecule has 0 radical (unpaired) electrons. The Hall–Kier alpha value is -4.85. The Morgan fingerprint density at radius 3 is 2.32 bits per heavy atom. The van der Waals surface area contributed by atoms with Crippen LogP contribution in [-0.4, -0.2) is 52.3 Å². The number of rotatable bonds is 10. The summed E-state index contributed by atoms with van der Waals surface area (Å²) in [5, 5.41) is 11.5. The smallest absolute Gasteiger partial charge is 0.387 e. The number of carbonyl (C=O) groups is 1. The molecular weight excluding hydrogens is 552 g/mol. The fourth-order valence-corrected chi connectivity index (χ4v) is 4.08. The van der Waals surface area contributed by atoms with Crippen LogP contribution in [0.4, 0.5) is 23.2 Å². The molecule has 0 bridgehead atoms. The molecular formula is C27H24F4N4O6. The minimum Gasteiger partial charge on any atom is -0.497 e. The lowest BCUT2D eigenvalue weighted by Crippen LogP contribution is -2.24. The van der Waals surface area contributed by atoms with Crippen molar-refractivity contribution in [1.29, 1.82) is 0 Å². The van der Waals surface area contributed by atoms with E-state index in [2.05, 4.69) is 15.0 Å². The molecule has 0 fully saturated rings. The van der Waals surface area contributed by atoms with Crippen molar-refractivity contribution in [1.82, 2.24) is 14.3 Å². The van der Waals surface area contributed by atoms with Gasteiger partial charge in [0.25, 0.3) is 11.5 Å². The molecule has 0 saturated heterocycles. The lowest BCUT2D eigenvalue weighted by atomic mass is 10.1. The molecule has 0 saturated carbocycles. The molecule has 41 heavy (non-hydrogen) atoms. The number of aromatic nitrogens is 3. The summed E-state index contributed by atoms with van der Waals surface area (Å²) >= 11 is 0. The highest BCUT2D eigenvalue weighted by Gasteiger charge is 2.28. The second-order valence-corrected chi connectivity index (χ2v) is 8.60. The number of aliphatic hydroxyl groups is 1. The second kappa shape index (κ2) is 12.1. The Morgan fingerprint density at radius 2 is 1.73 bits per heavy atom. The number of alkyl halides is 2. The third-order valence-corrected chi connectivity index (χ3v) is 5.83. The van der Waals surface area contributed by atoms with Crippen LogP contribution >= 0.6 is 0 Å². The van der Waals surface area contributed by atoms with Gasteiger partial charge in [-0.15, -0.1) is 0 Å². The molecule has 0 aliphatic carbocycles. The summed E-state index contributed by atoms with van der Waals surface area (Å²) in [7, 11) is 2.56. The maximum atomic E-state index is 15.3. The molecule has 2 heterocycles. The van der Waals surface area contributed by atoms with Crippen LogP contribution in [0.25, 0.3) is 17.1 Å². The first-order valence-electron chi connectivity index (χ1n) is 12.0. The van der Waals surface area contributed by atoms with E-state index >= 15 is 8.78 Å². The van der Waals surface area contributed by atoms with E-state index in [1.54, 1.807) is 13.0 Å². The zero-order chi connectivity index (χ0) is 29.8. The van der Waals surface area contributed by atoms with Gasteiger partial charge in [0.2, 0.25) is 5.88 Å². The number of aliphatic hydroxyl groups excluding tert-OH is 1. The average Bonchev–Trinajstić information content (AvgIpc) is 3.15. The summed E-state index contributed by atoms with van der Waals surface area (Å²) in [4.78, 5) is 31.1. The summed E-state index contributed by atoms with van der Waals surface area (Å²) in [5.74, 6) is -3.28. The van der Waals surface area contributed by atoms with E-state index in [0.717, 1.165) is 33.6 Å². The van der Waals surface area contributed by atoms with Gasteiger partial charge >= 0.3 is 6.61 Å². The first-order chi connectivity index (χ1) is 19.5. The molecule has 4 aromatic rings.